The van der Waals surface area contributed by atoms with Gasteiger partial charge < -0.3 is 24.9 Å². The first kappa shape index (κ1) is 28.2. The number of carbonyl (C=O) groups excluding carboxylic acids is 3. The fourth-order valence-electron chi connectivity index (χ4n) is 3.32. The first-order valence-electron chi connectivity index (χ1n) is 10.5. The van der Waals surface area contributed by atoms with Crippen molar-refractivity contribution < 1.29 is 82.0 Å². The van der Waals surface area contributed by atoms with Crippen molar-refractivity contribution in [2.24, 2.45) is 0 Å². The van der Waals surface area contributed by atoms with Gasteiger partial charge in [0.05, 0.1) is 25.7 Å². The minimum absolute atomic E-state index is 0. The summed E-state index contributed by atoms with van der Waals surface area (Å²) >= 11 is 0. The van der Waals surface area contributed by atoms with Crippen molar-refractivity contribution in [3.63, 3.8) is 0 Å². The predicted molar refractivity (Wildman–Crippen MR) is 114 cm³/mol. The number of nitrogens with one attached hydrogen (secondary N) is 1. The molecule has 0 spiro atoms. The Morgan fingerprint density at radius 3 is 2.45 bits per heavy atom. The molecule has 0 atom stereocenters. The van der Waals surface area contributed by atoms with Crippen LogP contribution < -0.4 is 63.5 Å². The number of rotatable bonds is 12. The molecule has 1 amide bonds. The van der Waals surface area contributed by atoms with Crippen molar-refractivity contribution in [3.8, 4) is 0 Å². The van der Waals surface area contributed by atoms with E-state index in [-0.39, 0.29) is 89.1 Å². The standard InChI is InChI=1S/C23H32N2O5.Rb/c1-17(26)30-15-5-14-29-16-22(27)25-13-12-18-8-10-19(11-9-18)23(28)20-6-3-4-7-21(20)24-2;/h8-11H,3-7,12-16H2,1-2H3,(H2,24,25,27,28);/q;+1/p-1. The van der Waals surface area contributed by atoms with Gasteiger partial charge in [-0.2, -0.15) is 0 Å². The van der Waals surface area contributed by atoms with Crippen LogP contribution in [0.2, 0.25) is 0 Å². The van der Waals surface area contributed by atoms with Gasteiger partial charge in [0, 0.05) is 37.2 Å². The minimum Gasteiger partial charge on any atom is -0.651 e. The van der Waals surface area contributed by atoms with Gasteiger partial charge in [-0.1, -0.05) is 24.3 Å². The van der Waals surface area contributed by atoms with Gasteiger partial charge in [0.15, 0.2) is 5.78 Å². The number of ketones is 1. The number of hydrogen-bond acceptors (Lipinski definition) is 6. The molecule has 1 aromatic rings. The topological polar surface area (TPSA) is 95.8 Å². The third kappa shape index (κ3) is 10.5. The van der Waals surface area contributed by atoms with Crippen LogP contribution in [0.15, 0.2) is 35.5 Å². The second-order valence-corrected chi connectivity index (χ2v) is 7.21. The Morgan fingerprint density at radius 2 is 1.77 bits per heavy atom. The maximum Gasteiger partial charge on any atom is 1.00 e. The van der Waals surface area contributed by atoms with Crippen molar-refractivity contribution in [1.29, 1.82) is 0 Å². The van der Waals surface area contributed by atoms with Gasteiger partial charge >= 0.3 is 64.2 Å². The molecule has 164 valence electrons. The molecule has 8 heteroatoms. The van der Waals surface area contributed by atoms with E-state index in [1.807, 2.05) is 31.3 Å². The normalized spacial score (nSPS) is 13.2. The smallest absolute Gasteiger partial charge is 0.651 e. The van der Waals surface area contributed by atoms with Crippen molar-refractivity contribution in [2.75, 3.05) is 33.4 Å². The molecule has 7 nitrogen and oxygen atoms in total. The number of hydrogen-bond donors (Lipinski definition) is 1. The Kier molecular flexibility index (Phi) is 14.4. The van der Waals surface area contributed by atoms with E-state index in [2.05, 4.69) is 10.6 Å². The van der Waals surface area contributed by atoms with Crippen molar-refractivity contribution >= 4 is 17.7 Å². The van der Waals surface area contributed by atoms with Crippen LogP contribution in [0.3, 0.4) is 0 Å². The average molecular weight is 501 g/mol. The van der Waals surface area contributed by atoms with Crippen molar-refractivity contribution in [1.82, 2.24) is 5.32 Å². The van der Waals surface area contributed by atoms with Crippen LogP contribution in [0, 0.1) is 0 Å². The van der Waals surface area contributed by atoms with E-state index in [0.29, 0.717) is 31.6 Å². The molecule has 1 aliphatic carbocycles. The van der Waals surface area contributed by atoms with Gasteiger partial charge in [-0.15, -0.1) is 6.54 Å². The van der Waals surface area contributed by atoms with E-state index < -0.39 is 0 Å². The molecule has 0 saturated heterocycles. The zero-order valence-corrected chi connectivity index (χ0v) is 23.8. The Bertz CT molecular complexity index is 762. The van der Waals surface area contributed by atoms with Crippen LogP contribution in [0.4, 0.5) is 0 Å². The zero-order chi connectivity index (χ0) is 21.8. The summed E-state index contributed by atoms with van der Waals surface area (Å²) < 4.78 is 9.99. The second-order valence-electron chi connectivity index (χ2n) is 7.21. The van der Waals surface area contributed by atoms with Gasteiger partial charge in [0.2, 0.25) is 0 Å². The number of ether oxygens (including phenoxy) is 2. The third-order valence-electron chi connectivity index (χ3n) is 4.91. The van der Waals surface area contributed by atoms with Crippen LogP contribution in [0.25, 0.3) is 5.32 Å². The second kappa shape index (κ2) is 15.9. The van der Waals surface area contributed by atoms with Gasteiger partial charge in [-0.25, -0.2) is 0 Å². The summed E-state index contributed by atoms with van der Waals surface area (Å²) in [4.78, 5) is 35.1. The van der Waals surface area contributed by atoms with E-state index in [0.717, 1.165) is 42.5 Å². The van der Waals surface area contributed by atoms with Gasteiger partial charge in [-0.3, -0.25) is 9.59 Å². The van der Waals surface area contributed by atoms with Gasteiger partial charge in [-0.05, 0) is 37.7 Å². The molecular weight excluding hydrogens is 470 g/mol. The van der Waals surface area contributed by atoms with Crippen molar-refractivity contribution in [3.05, 3.63) is 52.0 Å². The van der Waals surface area contributed by atoms with Gasteiger partial charge in [0.1, 0.15) is 0 Å². The molecule has 1 aliphatic rings. The summed E-state index contributed by atoms with van der Waals surface area (Å²) in [5.41, 5.74) is 3.67. The van der Waals surface area contributed by atoms with E-state index in [4.69, 9.17) is 9.47 Å². The quantitative estimate of drug-likeness (QED) is 0.252. The maximum absolute atomic E-state index is 12.8. The van der Waals surface area contributed by atoms with Crippen molar-refractivity contribution in [2.45, 2.75) is 45.4 Å². The van der Waals surface area contributed by atoms with E-state index >= 15 is 0 Å². The number of esters is 1. The predicted octanol–water partition coefficient (Wildman–Crippen LogP) is 0.333. The fourth-order valence-corrected chi connectivity index (χ4v) is 3.32. The number of allylic oxidation sites excluding steroid dienone is 2. The molecule has 0 heterocycles. The summed E-state index contributed by atoms with van der Waals surface area (Å²) in [5, 5.41) is 7.15. The SMILES string of the molecule is CNC1=C(C(=O)c2ccc(CC[N-]C(=O)COCCCOC(C)=O)cc2)CCCC1.[Rb+]. The van der Waals surface area contributed by atoms with Crippen LogP contribution >= 0.6 is 0 Å². The largest absolute Gasteiger partial charge is 1.00 e. The van der Waals surface area contributed by atoms with Crippen LogP contribution in [0.1, 0.15) is 54.9 Å². The monoisotopic (exact) mass is 500 g/mol. The molecule has 0 radical (unpaired) electrons. The van der Waals surface area contributed by atoms with E-state index in [1.165, 1.54) is 6.92 Å². The average Bonchev–Trinajstić information content (AvgIpc) is 2.76. The Labute approximate surface area is 233 Å². The van der Waals surface area contributed by atoms with E-state index in [1.54, 1.807) is 0 Å². The van der Waals surface area contributed by atoms with Gasteiger partial charge in [0.25, 0.3) is 0 Å². The Morgan fingerprint density at radius 1 is 1.06 bits per heavy atom. The number of benzene rings is 1. The molecule has 0 saturated carbocycles. The van der Waals surface area contributed by atoms with E-state index in [9.17, 15) is 14.4 Å². The maximum atomic E-state index is 12.8. The zero-order valence-electron chi connectivity index (χ0n) is 18.9. The van der Waals surface area contributed by atoms with Crippen LogP contribution in [-0.2, 0) is 25.5 Å². The number of amides is 1. The Hall–Kier alpha value is -0.865. The summed E-state index contributed by atoms with van der Waals surface area (Å²) in [6.45, 7) is 2.28. The molecule has 1 aromatic carbocycles. The molecule has 0 unspecified atom stereocenters. The molecule has 2 rings (SSSR count). The third-order valence-corrected chi connectivity index (χ3v) is 4.91. The first-order valence-corrected chi connectivity index (χ1v) is 10.5. The molecule has 31 heavy (non-hydrogen) atoms. The first-order chi connectivity index (χ1) is 14.5. The summed E-state index contributed by atoms with van der Waals surface area (Å²) in [7, 11) is 1.87. The molecule has 1 N–H and O–H groups in total. The fraction of sp³-hybridized carbons (Fsp3) is 0.522. The molecule has 0 bridgehead atoms. The Balaban J connectivity index is 0.00000480. The summed E-state index contributed by atoms with van der Waals surface area (Å²) in [6, 6.07) is 7.53. The van der Waals surface area contributed by atoms with Crippen LogP contribution in [-0.4, -0.2) is 51.1 Å². The summed E-state index contributed by atoms with van der Waals surface area (Å²) in [6.07, 6.45) is 5.09. The molecule has 0 aromatic heterocycles. The molecule has 0 fully saturated rings. The molecular formula is C23H31N2O5Rb. The number of Topliss-reactive ketones (excluding diaryl/α,β-unsaturated/α-hetero) is 1. The molecule has 0 aliphatic heterocycles. The number of nitrogens with zero attached hydrogens (tertiary/aromatic N) is 1. The minimum atomic E-state index is -0.327. The summed E-state index contributed by atoms with van der Waals surface area (Å²) in [5.74, 6) is -0.540. The number of carbonyl (C=O) groups is 3. The van der Waals surface area contributed by atoms with Crippen LogP contribution in [0.5, 0.6) is 0 Å².